The predicted octanol–water partition coefficient (Wildman–Crippen LogP) is 3.57. The van der Waals surface area contributed by atoms with Crippen molar-refractivity contribution >= 4 is 40.9 Å². The fraction of sp³-hybridized carbons (Fsp3) is 0.455. The van der Waals surface area contributed by atoms with E-state index in [-0.39, 0.29) is 23.7 Å². The molecule has 1 aromatic carbocycles. The normalized spacial score (nSPS) is 20.7. The van der Waals surface area contributed by atoms with Gasteiger partial charge in [-0.25, -0.2) is 0 Å². The van der Waals surface area contributed by atoms with Crippen LogP contribution in [0.4, 0.5) is 17.5 Å². The van der Waals surface area contributed by atoms with E-state index in [0.717, 1.165) is 37.8 Å². The Kier molecular flexibility index (Phi) is 6.00. The minimum Gasteiger partial charge on any atom is -0.339 e. The number of aromatic amines is 1. The highest BCUT2D eigenvalue weighted by atomic mass is 35.5. The van der Waals surface area contributed by atoms with Crippen LogP contribution in [0.15, 0.2) is 23.0 Å². The van der Waals surface area contributed by atoms with Gasteiger partial charge in [-0.15, -0.1) is 0 Å². The fourth-order valence-corrected chi connectivity index (χ4v) is 4.54. The Morgan fingerprint density at radius 3 is 2.90 bits per heavy atom. The zero-order valence-corrected chi connectivity index (χ0v) is 18.4. The summed E-state index contributed by atoms with van der Waals surface area (Å²) in [6.07, 6.45) is 4.02. The van der Waals surface area contributed by atoms with Gasteiger partial charge in [0.2, 0.25) is 17.8 Å². The Hall–Kier alpha value is -2.87. The largest absolute Gasteiger partial charge is 0.339 e. The number of amides is 2. The molecule has 0 spiro atoms. The van der Waals surface area contributed by atoms with Crippen LogP contribution in [0.1, 0.15) is 56.1 Å². The Bertz CT molecular complexity index is 1080. The van der Waals surface area contributed by atoms with Crippen molar-refractivity contribution in [2.75, 3.05) is 22.1 Å². The van der Waals surface area contributed by atoms with Crippen molar-refractivity contribution in [3.8, 4) is 0 Å². The van der Waals surface area contributed by atoms with E-state index in [9.17, 15) is 14.4 Å². The predicted molar refractivity (Wildman–Crippen MR) is 121 cm³/mol. The van der Waals surface area contributed by atoms with Crippen molar-refractivity contribution in [1.29, 1.82) is 0 Å². The summed E-state index contributed by atoms with van der Waals surface area (Å²) in [7, 11) is 0. The lowest BCUT2D eigenvalue weighted by molar-refractivity contribution is -0.123. The molecule has 3 N–H and O–H groups in total. The number of aromatic nitrogens is 2. The fourth-order valence-electron chi connectivity index (χ4n) is 4.37. The van der Waals surface area contributed by atoms with Crippen molar-refractivity contribution in [2.24, 2.45) is 0 Å². The molecule has 3 heterocycles. The summed E-state index contributed by atoms with van der Waals surface area (Å²) in [5.74, 6) is -1.10. The number of nitrogens with one attached hydrogen (secondary N) is 3. The van der Waals surface area contributed by atoms with E-state index in [4.69, 9.17) is 11.6 Å². The van der Waals surface area contributed by atoms with Crippen LogP contribution in [-0.4, -0.2) is 34.4 Å². The van der Waals surface area contributed by atoms with Gasteiger partial charge < -0.3 is 15.5 Å². The van der Waals surface area contributed by atoms with Crippen molar-refractivity contribution in [3.63, 3.8) is 0 Å². The molecule has 9 heteroatoms. The second kappa shape index (κ2) is 8.70. The molecule has 0 radical (unpaired) electrons. The van der Waals surface area contributed by atoms with E-state index < -0.39 is 17.4 Å². The van der Waals surface area contributed by atoms with Gasteiger partial charge in [0.15, 0.2) is 0 Å². The summed E-state index contributed by atoms with van der Waals surface area (Å²) < 4.78 is 0. The van der Waals surface area contributed by atoms with Gasteiger partial charge in [-0.05, 0) is 50.3 Å². The van der Waals surface area contributed by atoms with Gasteiger partial charge in [-0.3, -0.25) is 19.4 Å². The van der Waals surface area contributed by atoms with E-state index in [2.05, 4.69) is 32.4 Å². The van der Waals surface area contributed by atoms with Gasteiger partial charge in [0.05, 0.1) is 11.5 Å². The molecule has 0 aliphatic carbocycles. The quantitative estimate of drug-likeness (QED) is 0.669. The molecular formula is C22H26ClN5O3. The Morgan fingerprint density at radius 1 is 1.32 bits per heavy atom. The van der Waals surface area contributed by atoms with Crippen LogP contribution in [0.5, 0.6) is 0 Å². The molecule has 0 bridgehead atoms. The lowest BCUT2D eigenvalue weighted by Crippen LogP contribution is -2.43. The van der Waals surface area contributed by atoms with Crippen molar-refractivity contribution in [3.05, 3.63) is 44.7 Å². The summed E-state index contributed by atoms with van der Waals surface area (Å²) >= 11 is 6.05. The Morgan fingerprint density at radius 2 is 2.13 bits per heavy atom. The van der Waals surface area contributed by atoms with Crippen LogP contribution in [0.2, 0.25) is 5.02 Å². The smallest absolute Gasteiger partial charge is 0.258 e. The first-order valence-corrected chi connectivity index (χ1v) is 11.0. The third kappa shape index (κ3) is 4.30. The van der Waals surface area contributed by atoms with E-state index in [1.54, 1.807) is 18.2 Å². The molecule has 2 atom stereocenters. The number of rotatable bonds is 4. The maximum absolute atomic E-state index is 13.1. The zero-order valence-electron chi connectivity index (χ0n) is 17.6. The number of anilines is 3. The average Bonchev–Trinajstić information content (AvgIpc) is 2.75. The molecule has 0 saturated carbocycles. The topological polar surface area (TPSA) is 107 Å². The Labute approximate surface area is 185 Å². The number of aryl methyl sites for hydroxylation is 1. The van der Waals surface area contributed by atoms with Crippen molar-refractivity contribution < 1.29 is 9.59 Å². The van der Waals surface area contributed by atoms with Crippen molar-refractivity contribution in [1.82, 2.24) is 9.97 Å². The van der Waals surface area contributed by atoms with Gasteiger partial charge in [-0.2, -0.15) is 4.98 Å². The number of halogens is 1. The maximum Gasteiger partial charge on any atom is 0.258 e. The third-order valence-electron chi connectivity index (χ3n) is 6.08. The standard InChI is InChI=1S/C22H26ClN5O3/c1-3-14-6-4-5-9-28(14)22-26-19-18(21(31)27-22)15(11-17(29)25-19)20(30)24-16-10-13(23)8-7-12(16)2/h7-8,10,14-15H,3-6,9,11H2,1-2H3,(H,24,30)(H2,25,26,27,29,31)/t14-,15+/m1/s1. The molecule has 8 nitrogen and oxygen atoms in total. The Balaban J connectivity index is 1.67. The molecular weight excluding hydrogens is 418 g/mol. The summed E-state index contributed by atoms with van der Waals surface area (Å²) in [6, 6.07) is 5.46. The summed E-state index contributed by atoms with van der Waals surface area (Å²) in [5.41, 5.74) is 1.16. The third-order valence-corrected chi connectivity index (χ3v) is 6.32. The highest BCUT2D eigenvalue weighted by molar-refractivity contribution is 6.31. The zero-order chi connectivity index (χ0) is 22.1. The number of hydrogen-bond acceptors (Lipinski definition) is 5. The molecule has 4 rings (SSSR count). The molecule has 2 aliphatic heterocycles. The summed E-state index contributed by atoms with van der Waals surface area (Å²) in [5, 5.41) is 5.98. The number of carbonyl (C=O) groups excluding carboxylic acids is 2. The number of hydrogen-bond donors (Lipinski definition) is 3. The molecule has 31 heavy (non-hydrogen) atoms. The molecule has 1 fully saturated rings. The second-order valence-electron chi connectivity index (χ2n) is 8.16. The minimum atomic E-state index is -0.934. The lowest BCUT2D eigenvalue weighted by atomic mass is 9.92. The lowest BCUT2D eigenvalue weighted by Gasteiger charge is -2.36. The van der Waals surface area contributed by atoms with Crippen LogP contribution in [0, 0.1) is 6.92 Å². The van der Waals surface area contributed by atoms with E-state index in [1.165, 1.54) is 0 Å². The number of fused-ring (bicyclic) bond motifs is 1. The molecule has 2 amide bonds. The SMILES string of the molecule is CC[C@@H]1CCCCN1c1nc2c(c(=O)[nH]1)[C@@H](C(=O)Nc1cc(Cl)ccc1C)CC(=O)N2. The average molecular weight is 444 g/mol. The molecule has 164 valence electrons. The van der Waals surface area contributed by atoms with Crippen LogP contribution in [-0.2, 0) is 9.59 Å². The van der Waals surface area contributed by atoms with Gasteiger partial charge >= 0.3 is 0 Å². The van der Waals surface area contributed by atoms with Crippen LogP contribution in [0.3, 0.4) is 0 Å². The van der Waals surface area contributed by atoms with Crippen LogP contribution >= 0.6 is 11.6 Å². The number of H-pyrrole nitrogens is 1. The highest BCUT2D eigenvalue weighted by Gasteiger charge is 2.36. The number of piperidine rings is 1. The van der Waals surface area contributed by atoms with E-state index in [1.807, 2.05) is 6.92 Å². The highest BCUT2D eigenvalue weighted by Crippen LogP contribution is 2.32. The maximum atomic E-state index is 13.1. The van der Waals surface area contributed by atoms with Crippen molar-refractivity contribution in [2.45, 2.75) is 57.9 Å². The number of carbonyl (C=O) groups is 2. The van der Waals surface area contributed by atoms with Gasteiger partial charge in [0, 0.05) is 29.7 Å². The number of benzene rings is 1. The van der Waals surface area contributed by atoms with Gasteiger partial charge in [0.25, 0.3) is 5.56 Å². The molecule has 2 aliphatic rings. The second-order valence-corrected chi connectivity index (χ2v) is 8.59. The van der Waals surface area contributed by atoms with Gasteiger partial charge in [-0.1, -0.05) is 24.6 Å². The van der Waals surface area contributed by atoms with E-state index in [0.29, 0.717) is 22.7 Å². The molecule has 0 unspecified atom stereocenters. The monoisotopic (exact) mass is 443 g/mol. The first kappa shape index (κ1) is 21.4. The minimum absolute atomic E-state index is 0.121. The molecule has 1 saturated heterocycles. The van der Waals surface area contributed by atoms with Crippen LogP contribution in [0.25, 0.3) is 0 Å². The first-order valence-electron chi connectivity index (χ1n) is 10.6. The summed E-state index contributed by atoms with van der Waals surface area (Å²) in [4.78, 5) is 48.0. The number of nitrogens with zero attached hydrogens (tertiary/aromatic N) is 2. The van der Waals surface area contributed by atoms with Crippen LogP contribution < -0.4 is 21.1 Å². The van der Waals surface area contributed by atoms with E-state index >= 15 is 0 Å². The summed E-state index contributed by atoms with van der Waals surface area (Å²) in [6.45, 7) is 4.75. The molecule has 2 aromatic rings. The van der Waals surface area contributed by atoms with Gasteiger partial charge in [0.1, 0.15) is 5.82 Å². The first-order chi connectivity index (χ1) is 14.9. The molecule has 1 aromatic heterocycles.